The molecule has 376 valence electrons. The van der Waals surface area contributed by atoms with E-state index >= 15 is 8.78 Å². The van der Waals surface area contributed by atoms with E-state index in [4.69, 9.17) is 26.8 Å². The number of rotatable bonds is 14. The highest BCUT2D eigenvalue weighted by Gasteiger charge is 2.50. The summed E-state index contributed by atoms with van der Waals surface area (Å²) in [6, 6.07) is 20.5. The number of hydrogen-bond acceptors (Lipinski definition) is 10. The van der Waals surface area contributed by atoms with Gasteiger partial charge in [-0.25, -0.2) is 13.6 Å². The van der Waals surface area contributed by atoms with Crippen molar-refractivity contribution in [1.29, 1.82) is 0 Å². The molecule has 1 aromatic heterocycles. The van der Waals surface area contributed by atoms with Crippen LogP contribution in [0.15, 0.2) is 66.7 Å². The molecule has 5 aliphatic rings. The fourth-order valence-corrected chi connectivity index (χ4v) is 12.6. The first-order valence-electron chi connectivity index (χ1n) is 25.2. The number of hydrogen-bond donors (Lipinski definition) is 4. The van der Waals surface area contributed by atoms with Crippen molar-refractivity contribution in [2.24, 2.45) is 18.7 Å². The molecule has 10 rings (SSSR count). The minimum atomic E-state index is -1.04. The Balaban J connectivity index is 0.766. The van der Waals surface area contributed by atoms with Crippen LogP contribution in [0.4, 0.5) is 19.4 Å². The van der Waals surface area contributed by atoms with Gasteiger partial charge in [-0.15, -0.1) is 0 Å². The second kappa shape index (κ2) is 20.5. The lowest BCUT2D eigenvalue weighted by atomic mass is 9.77. The molecule has 14 nitrogen and oxygen atoms in total. The summed E-state index contributed by atoms with van der Waals surface area (Å²) < 4.78 is 46.7. The van der Waals surface area contributed by atoms with E-state index in [1.807, 2.05) is 49.0 Å². The summed E-state index contributed by atoms with van der Waals surface area (Å²) in [5.41, 5.74) is 7.90. The first-order valence-corrected chi connectivity index (χ1v) is 25.6. The van der Waals surface area contributed by atoms with E-state index in [0.717, 1.165) is 94.1 Å². The van der Waals surface area contributed by atoms with Gasteiger partial charge in [-0.1, -0.05) is 61.3 Å². The van der Waals surface area contributed by atoms with Crippen molar-refractivity contribution in [3.63, 3.8) is 0 Å². The lowest BCUT2D eigenvalue weighted by molar-refractivity contribution is -0.120. The second-order valence-corrected chi connectivity index (χ2v) is 20.6. The Kier molecular flexibility index (Phi) is 14.1. The molecule has 5 heterocycles. The fourth-order valence-electron chi connectivity index (χ4n) is 12.3. The second-order valence-electron chi connectivity index (χ2n) is 20.2. The van der Waals surface area contributed by atoms with Gasteiger partial charge in [-0.2, -0.15) is 5.10 Å². The highest BCUT2D eigenvalue weighted by molar-refractivity contribution is 6.34. The molecule has 4 aromatic carbocycles. The molecule has 0 spiro atoms. The fraction of sp³-hybridized carbons (Fsp3) is 0.481. The quantitative estimate of drug-likeness (QED) is 0.0857. The van der Waals surface area contributed by atoms with E-state index in [2.05, 4.69) is 43.7 Å². The monoisotopic (exact) mass is 992 g/mol. The zero-order valence-electron chi connectivity index (χ0n) is 40.4. The number of carbonyl (C=O) groups excluding carboxylic acids is 3. The number of aryl methyl sites for hydroxylation is 1. The Hall–Kier alpha value is -5.65. The molecule has 4 fully saturated rings. The van der Waals surface area contributed by atoms with E-state index in [9.17, 15) is 19.5 Å². The lowest BCUT2D eigenvalue weighted by Gasteiger charge is -2.43. The minimum Gasteiger partial charge on any atom is -0.488 e. The molecule has 17 heteroatoms. The topological polar surface area (TPSA) is 168 Å². The Morgan fingerprint density at radius 2 is 1.76 bits per heavy atom. The van der Waals surface area contributed by atoms with Gasteiger partial charge >= 0.3 is 6.03 Å². The standard InChI is InChI=1S/C54H63ClF2N8O6/c1-32-46-44(29-41(56)49(55)48(46)47-40(51(58)68)13-14-43(50(47)57)70-26-25-66)71-54(32,36-8-4-3-5-9-36)31-59-37-10-6-7-33(27-37)30-63-20-17-38(18-21-63)64-22-15-34(16-23-64)35-11-12-39-42(28-35)62(2)61-52(39)65-24-19-45(67)60-53(65)69/h3-5,8-9,11-14,28-29,32-34,37-38,59,66H,6-7,10,15-27,30-31H2,1-2H3,(H2,58,68)(H,60,67,69). The summed E-state index contributed by atoms with van der Waals surface area (Å²) in [4.78, 5) is 44.1. The summed E-state index contributed by atoms with van der Waals surface area (Å²) in [6.07, 6.45) is 9.07. The highest BCUT2D eigenvalue weighted by Crippen LogP contribution is 2.56. The summed E-state index contributed by atoms with van der Waals surface area (Å²) in [5, 5.41) is 20.9. The molecule has 3 saturated heterocycles. The van der Waals surface area contributed by atoms with Crippen LogP contribution in [0, 0.1) is 17.6 Å². The molecule has 4 amide bonds. The molecular weight excluding hydrogens is 930 g/mol. The third-order valence-corrected chi connectivity index (χ3v) is 16.4. The Labute approximate surface area is 417 Å². The molecule has 1 aliphatic carbocycles. The number of aliphatic hydroxyl groups is 1. The first-order chi connectivity index (χ1) is 34.3. The number of primary amides is 1. The van der Waals surface area contributed by atoms with Crippen LogP contribution in [0.25, 0.3) is 22.0 Å². The maximum Gasteiger partial charge on any atom is 0.329 e. The first kappa shape index (κ1) is 49.0. The third-order valence-electron chi connectivity index (χ3n) is 16.1. The molecule has 4 unspecified atom stereocenters. The van der Waals surface area contributed by atoms with Crippen molar-refractivity contribution in [2.45, 2.75) is 94.2 Å². The smallest absolute Gasteiger partial charge is 0.329 e. The van der Waals surface area contributed by atoms with Crippen LogP contribution in [0.2, 0.25) is 5.02 Å². The van der Waals surface area contributed by atoms with Gasteiger partial charge in [0.05, 0.1) is 22.7 Å². The van der Waals surface area contributed by atoms with Gasteiger partial charge in [0.2, 0.25) is 11.8 Å². The predicted molar refractivity (Wildman–Crippen MR) is 268 cm³/mol. The molecule has 0 radical (unpaired) electrons. The van der Waals surface area contributed by atoms with Gasteiger partial charge in [0.1, 0.15) is 18.2 Å². The van der Waals surface area contributed by atoms with Crippen LogP contribution in [-0.4, -0.2) is 114 Å². The van der Waals surface area contributed by atoms with E-state index in [-0.39, 0.29) is 64.8 Å². The number of anilines is 1. The number of halogens is 3. The van der Waals surface area contributed by atoms with Crippen molar-refractivity contribution >= 4 is 46.2 Å². The molecule has 5 aromatic rings. The summed E-state index contributed by atoms with van der Waals surface area (Å²) in [6.45, 7) is 7.47. The number of ether oxygens (including phenoxy) is 2. The average molecular weight is 994 g/mol. The summed E-state index contributed by atoms with van der Waals surface area (Å²) >= 11 is 6.76. The van der Waals surface area contributed by atoms with Gasteiger partial charge < -0.3 is 35.4 Å². The molecule has 71 heavy (non-hydrogen) atoms. The highest BCUT2D eigenvalue weighted by atomic mass is 35.5. The number of nitrogens with zero attached hydrogens (tertiary/aromatic N) is 5. The van der Waals surface area contributed by atoms with Crippen LogP contribution >= 0.6 is 11.6 Å². The lowest BCUT2D eigenvalue weighted by Crippen LogP contribution is -2.50. The van der Waals surface area contributed by atoms with Gasteiger partial charge in [-0.3, -0.25) is 24.5 Å². The van der Waals surface area contributed by atoms with Crippen LogP contribution in [-0.2, 0) is 17.4 Å². The number of nitrogens with one attached hydrogen (secondary N) is 2. The van der Waals surface area contributed by atoms with Crippen molar-refractivity contribution in [3.8, 4) is 22.6 Å². The van der Waals surface area contributed by atoms with Crippen molar-refractivity contribution in [3.05, 3.63) is 106 Å². The minimum absolute atomic E-state index is 0.0129. The van der Waals surface area contributed by atoms with Gasteiger partial charge in [0.15, 0.2) is 23.0 Å². The third kappa shape index (κ3) is 9.49. The van der Waals surface area contributed by atoms with Gasteiger partial charge in [0.25, 0.3) is 0 Å². The molecule has 5 N–H and O–H groups in total. The molecule has 0 bridgehead atoms. The molecule has 4 atom stereocenters. The molecular formula is C54H63ClF2N8O6. The van der Waals surface area contributed by atoms with Gasteiger partial charge in [-0.05, 0) is 118 Å². The Morgan fingerprint density at radius 1 is 0.986 bits per heavy atom. The molecule has 4 aliphatic heterocycles. The Morgan fingerprint density at radius 3 is 2.49 bits per heavy atom. The normalized spacial score (nSPS) is 23.7. The van der Waals surface area contributed by atoms with E-state index in [1.54, 1.807) is 4.90 Å². The van der Waals surface area contributed by atoms with Crippen LogP contribution < -0.4 is 30.7 Å². The number of likely N-dealkylation sites (tertiary alicyclic amines) is 2. The number of fused-ring (bicyclic) bond motifs is 2. The van der Waals surface area contributed by atoms with Crippen molar-refractivity contribution in [1.82, 2.24) is 30.2 Å². The molecule has 1 saturated carbocycles. The number of benzene rings is 4. The maximum absolute atomic E-state index is 16.5. The Bertz CT molecular complexity index is 2820. The number of imide groups is 1. The predicted octanol–water partition coefficient (Wildman–Crippen LogP) is 7.97. The number of aromatic nitrogens is 2. The zero-order valence-corrected chi connectivity index (χ0v) is 41.2. The average Bonchev–Trinajstić information content (AvgIpc) is 3.85. The number of amides is 4. The SMILES string of the molecule is CC1c2c(cc(F)c(Cl)c2-c2c(C(N)=O)ccc(OCCO)c2F)OC1(CNC1CCCC(CN2CCC(N3CCC(c4ccc5c(N6CCC(=O)NC6=O)nn(C)c5c4)CC3)CC2)C1)c1ccccc1. The number of nitrogens with two attached hydrogens (primary N) is 1. The largest absolute Gasteiger partial charge is 0.488 e. The van der Waals surface area contributed by atoms with Crippen LogP contribution in [0.3, 0.4) is 0 Å². The zero-order chi connectivity index (χ0) is 49.6. The van der Waals surface area contributed by atoms with Crippen molar-refractivity contribution < 1.29 is 37.7 Å². The number of aliphatic hydroxyl groups excluding tert-OH is 1. The van der Waals surface area contributed by atoms with Crippen molar-refractivity contribution in [2.75, 3.05) is 63.9 Å². The van der Waals surface area contributed by atoms with Crippen LogP contribution in [0.1, 0.15) is 104 Å². The van der Waals surface area contributed by atoms with Gasteiger partial charge in [0, 0.05) is 79.2 Å². The van der Waals surface area contributed by atoms with E-state index in [0.29, 0.717) is 42.3 Å². The number of urea groups is 1. The summed E-state index contributed by atoms with van der Waals surface area (Å²) in [5.74, 6) is -1.89. The number of carbonyl (C=O) groups is 3. The van der Waals surface area contributed by atoms with E-state index in [1.165, 1.54) is 30.2 Å². The maximum atomic E-state index is 16.5. The summed E-state index contributed by atoms with van der Waals surface area (Å²) in [7, 11) is 1.91. The van der Waals surface area contributed by atoms with E-state index < -0.39 is 35.1 Å². The van der Waals surface area contributed by atoms with Crippen LogP contribution in [0.5, 0.6) is 11.5 Å². The number of piperidine rings is 2.